The Balaban J connectivity index is 1.27. The molecular formula is C24H21N5O4. The molecule has 2 aromatic heterocycles. The minimum absolute atomic E-state index is 0.175. The lowest BCUT2D eigenvalue weighted by Crippen LogP contribution is -2.14. The lowest BCUT2D eigenvalue weighted by Gasteiger charge is -2.08. The van der Waals surface area contributed by atoms with Crippen molar-refractivity contribution in [2.45, 2.75) is 12.8 Å². The smallest absolute Gasteiger partial charge is 0.255 e. The van der Waals surface area contributed by atoms with Gasteiger partial charge in [-0.05, 0) is 60.7 Å². The van der Waals surface area contributed by atoms with Gasteiger partial charge in [0.05, 0.1) is 7.11 Å². The summed E-state index contributed by atoms with van der Waals surface area (Å²) in [5.41, 5.74) is 2.46. The van der Waals surface area contributed by atoms with E-state index < -0.39 is 0 Å². The number of carbonyl (C=O) groups excluding carboxylic acids is 2. The highest BCUT2D eigenvalue weighted by Crippen LogP contribution is 2.17. The van der Waals surface area contributed by atoms with Crippen molar-refractivity contribution in [1.82, 2.24) is 15.1 Å². The van der Waals surface area contributed by atoms with Crippen LogP contribution in [0.4, 0.5) is 11.4 Å². The molecule has 166 valence electrons. The summed E-state index contributed by atoms with van der Waals surface area (Å²) in [5, 5.41) is 9.52. The van der Waals surface area contributed by atoms with Crippen molar-refractivity contribution in [2.24, 2.45) is 0 Å². The van der Waals surface area contributed by atoms with E-state index in [1.54, 1.807) is 74.1 Å². The number of benzene rings is 2. The molecule has 2 aromatic carbocycles. The first-order valence-corrected chi connectivity index (χ1v) is 10.2. The number of aryl methyl sites for hydroxylation is 1. The Morgan fingerprint density at radius 1 is 0.970 bits per heavy atom. The molecule has 0 saturated heterocycles. The number of rotatable bonds is 8. The summed E-state index contributed by atoms with van der Waals surface area (Å²) < 4.78 is 10.3. The summed E-state index contributed by atoms with van der Waals surface area (Å²) in [6.07, 6.45) is 3.78. The Hall–Kier alpha value is -4.53. The molecule has 0 fully saturated rings. The Morgan fingerprint density at radius 2 is 1.70 bits per heavy atom. The Morgan fingerprint density at radius 3 is 2.39 bits per heavy atom. The quantitative estimate of drug-likeness (QED) is 0.423. The van der Waals surface area contributed by atoms with Gasteiger partial charge in [-0.25, -0.2) is 0 Å². The molecule has 9 heteroatoms. The maximum atomic E-state index is 12.4. The molecule has 0 bridgehead atoms. The number of carbonyl (C=O) groups is 2. The maximum absolute atomic E-state index is 12.4. The monoisotopic (exact) mass is 443 g/mol. The lowest BCUT2D eigenvalue weighted by molar-refractivity contribution is -0.116. The molecule has 33 heavy (non-hydrogen) atoms. The number of pyridine rings is 1. The van der Waals surface area contributed by atoms with Crippen LogP contribution in [0.3, 0.4) is 0 Å². The minimum atomic E-state index is -0.251. The van der Waals surface area contributed by atoms with Crippen LogP contribution in [-0.4, -0.2) is 34.0 Å². The van der Waals surface area contributed by atoms with Gasteiger partial charge in [0.25, 0.3) is 5.91 Å². The summed E-state index contributed by atoms with van der Waals surface area (Å²) in [6, 6.07) is 17.3. The molecular weight excluding hydrogens is 422 g/mol. The molecule has 2 N–H and O–H groups in total. The minimum Gasteiger partial charge on any atom is -0.497 e. The first kappa shape index (κ1) is 21.7. The van der Waals surface area contributed by atoms with Crippen molar-refractivity contribution in [1.29, 1.82) is 0 Å². The van der Waals surface area contributed by atoms with Gasteiger partial charge in [-0.1, -0.05) is 5.16 Å². The largest absolute Gasteiger partial charge is 0.497 e. The lowest BCUT2D eigenvalue weighted by atomic mass is 10.2. The number of methoxy groups -OCH3 is 1. The van der Waals surface area contributed by atoms with Crippen LogP contribution in [0.15, 0.2) is 77.6 Å². The van der Waals surface area contributed by atoms with Crippen LogP contribution in [0.1, 0.15) is 22.7 Å². The molecule has 0 spiro atoms. The second-order valence-corrected chi connectivity index (χ2v) is 7.06. The summed E-state index contributed by atoms with van der Waals surface area (Å²) in [4.78, 5) is 33.0. The number of amides is 2. The number of aromatic nitrogens is 3. The molecule has 4 rings (SSSR count). The molecule has 4 aromatic rings. The van der Waals surface area contributed by atoms with E-state index in [1.807, 2.05) is 6.07 Å². The van der Waals surface area contributed by atoms with Crippen molar-refractivity contribution in [2.75, 3.05) is 17.7 Å². The Kier molecular flexibility index (Phi) is 6.70. The standard InChI is InChI=1S/C24H21N5O4/c1-32-20-10-8-19(9-11-20)27-24(31)16-4-6-18(7-5-16)26-21(30)12-13-22-28-23(29-33-22)17-3-2-14-25-15-17/h2-11,14-15H,12-13H2,1H3,(H,26,30)(H,27,31). The molecule has 9 nitrogen and oxygen atoms in total. The van der Waals surface area contributed by atoms with Crippen molar-refractivity contribution < 1.29 is 18.8 Å². The number of ether oxygens (including phenoxy) is 1. The van der Waals surface area contributed by atoms with Crippen LogP contribution < -0.4 is 15.4 Å². The third-order valence-corrected chi connectivity index (χ3v) is 4.73. The van der Waals surface area contributed by atoms with Crippen LogP contribution in [-0.2, 0) is 11.2 Å². The molecule has 0 saturated carbocycles. The topological polar surface area (TPSA) is 119 Å². The van der Waals surface area contributed by atoms with E-state index in [0.717, 1.165) is 5.56 Å². The van der Waals surface area contributed by atoms with Crippen molar-refractivity contribution in [3.63, 3.8) is 0 Å². The number of hydrogen-bond donors (Lipinski definition) is 2. The van der Waals surface area contributed by atoms with E-state index in [9.17, 15) is 9.59 Å². The van der Waals surface area contributed by atoms with Crippen LogP contribution in [0.5, 0.6) is 5.75 Å². The van der Waals surface area contributed by atoms with Crippen molar-refractivity contribution in [3.8, 4) is 17.1 Å². The SMILES string of the molecule is COc1ccc(NC(=O)c2ccc(NC(=O)CCc3nc(-c4cccnc4)no3)cc2)cc1. The Bertz CT molecular complexity index is 1220. The molecule has 2 amide bonds. The first-order chi connectivity index (χ1) is 16.1. The highest BCUT2D eigenvalue weighted by atomic mass is 16.5. The van der Waals surface area contributed by atoms with E-state index in [2.05, 4.69) is 25.8 Å². The fourth-order valence-electron chi connectivity index (χ4n) is 3.00. The molecule has 0 aliphatic carbocycles. The molecule has 0 aliphatic heterocycles. The predicted molar refractivity (Wildman–Crippen MR) is 122 cm³/mol. The number of nitrogens with zero attached hydrogens (tertiary/aromatic N) is 3. The van der Waals surface area contributed by atoms with Gasteiger partial charge in [-0.2, -0.15) is 4.98 Å². The van der Waals surface area contributed by atoms with Gasteiger partial charge in [0.15, 0.2) is 0 Å². The summed E-state index contributed by atoms with van der Waals surface area (Å²) in [6.45, 7) is 0. The zero-order valence-corrected chi connectivity index (χ0v) is 17.8. The number of nitrogens with one attached hydrogen (secondary N) is 2. The third-order valence-electron chi connectivity index (χ3n) is 4.73. The average molecular weight is 443 g/mol. The van der Waals surface area contributed by atoms with E-state index in [1.165, 1.54) is 0 Å². The summed E-state index contributed by atoms with van der Waals surface area (Å²) in [7, 11) is 1.58. The van der Waals surface area contributed by atoms with Crippen molar-refractivity contribution in [3.05, 3.63) is 84.5 Å². The fourth-order valence-corrected chi connectivity index (χ4v) is 3.00. The maximum Gasteiger partial charge on any atom is 0.255 e. The van der Waals surface area contributed by atoms with Gasteiger partial charge in [0.2, 0.25) is 17.6 Å². The van der Waals surface area contributed by atoms with Gasteiger partial charge >= 0.3 is 0 Å². The van der Waals surface area contributed by atoms with Crippen LogP contribution >= 0.6 is 0 Å². The van der Waals surface area contributed by atoms with E-state index in [0.29, 0.717) is 40.8 Å². The second kappa shape index (κ2) is 10.2. The molecule has 0 atom stereocenters. The van der Waals surface area contributed by atoms with Gasteiger partial charge in [-0.15, -0.1) is 0 Å². The van der Waals surface area contributed by atoms with E-state index in [-0.39, 0.29) is 18.2 Å². The first-order valence-electron chi connectivity index (χ1n) is 10.2. The molecule has 0 radical (unpaired) electrons. The van der Waals surface area contributed by atoms with Crippen LogP contribution in [0.2, 0.25) is 0 Å². The zero-order valence-electron chi connectivity index (χ0n) is 17.8. The van der Waals surface area contributed by atoms with Crippen molar-refractivity contribution >= 4 is 23.2 Å². The van der Waals surface area contributed by atoms with Gasteiger partial charge in [-0.3, -0.25) is 14.6 Å². The van der Waals surface area contributed by atoms with Gasteiger partial charge in [0.1, 0.15) is 5.75 Å². The molecule has 0 aliphatic rings. The zero-order chi connectivity index (χ0) is 23.0. The van der Waals surface area contributed by atoms with Gasteiger partial charge in [0, 0.05) is 47.7 Å². The summed E-state index contributed by atoms with van der Waals surface area (Å²) in [5.74, 6) is 1.06. The number of hydrogen-bond acceptors (Lipinski definition) is 7. The third kappa shape index (κ3) is 5.79. The van der Waals surface area contributed by atoms with Gasteiger partial charge < -0.3 is 19.9 Å². The summed E-state index contributed by atoms with van der Waals surface area (Å²) >= 11 is 0. The van der Waals surface area contributed by atoms with Crippen LogP contribution in [0, 0.1) is 0 Å². The van der Waals surface area contributed by atoms with Crippen LogP contribution in [0.25, 0.3) is 11.4 Å². The van der Waals surface area contributed by atoms with E-state index in [4.69, 9.17) is 9.26 Å². The highest BCUT2D eigenvalue weighted by molar-refractivity contribution is 6.04. The normalized spacial score (nSPS) is 10.5. The highest BCUT2D eigenvalue weighted by Gasteiger charge is 2.12. The Labute approximate surface area is 189 Å². The van der Waals surface area contributed by atoms with E-state index >= 15 is 0 Å². The molecule has 2 heterocycles. The molecule has 0 unspecified atom stereocenters. The predicted octanol–water partition coefficient (Wildman–Crippen LogP) is 3.96. The average Bonchev–Trinajstić information content (AvgIpc) is 3.33. The number of anilines is 2. The second-order valence-electron chi connectivity index (χ2n) is 7.06. The fraction of sp³-hybridized carbons (Fsp3) is 0.125.